The lowest BCUT2D eigenvalue weighted by atomic mass is 9.34. The summed E-state index contributed by atoms with van der Waals surface area (Å²) in [4.78, 5) is 39.6. The average Bonchev–Trinajstić information content (AvgIpc) is 2.79. The Hall–Kier alpha value is -2.22. The predicted octanol–water partition coefficient (Wildman–Crippen LogP) is 6.29. The van der Waals surface area contributed by atoms with Gasteiger partial charge in [-0.25, -0.2) is 0 Å². The third-order valence-corrected chi connectivity index (χ3v) is 12.6. The highest BCUT2D eigenvalue weighted by molar-refractivity contribution is 6.04. The van der Waals surface area contributed by atoms with E-state index in [1.165, 1.54) is 0 Å². The van der Waals surface area contributed by atoms with Crippen LogP contribution in [-0.2, 0) is 14.4 Å². The van der Waals surface area contributed by atoms with Crippen LogP contribution in [0.1, 0.15) is 93.4 Å². The van der Waals surface area contributed by atoms with Crippen LogP contribution in [-0.4, -0.2) is 22.6 Å². The molecule has 0 spiro atoms. The maximum absolute atomic E-state index is 14.2. The number of hydrogen-bond acceptors (Lipinski definition) is 4. The van der Waals surface area contributed by atoms with Crippen LogP contribution < -0.4 is 0 Å². The summed E-state index contributed by atoms with van der Waals surface area (Å²) in [5.74, 6) is -0.861. The maximum Gasteiger partial charge on any atom is 0.309 e. The molecule has 5 nitrogen and oxygen atoms in total. The first-order chi connectivity index (χ1) is 16.5. The maximum atomic E-state index is 14.2. The van der Waals surface area contributed by atoms with E-state index in [0.717, 1.165) is 37.7 Å². The molecule has 194 valence electrons. The van der Waals surface area contributed by atoms with Gasteiger partial charge >= 0.3 is 5.97 Å². The molecule has 0 aromatic carbocycles. The van der Waals surface area contributed by atoms with Gasteiger partial charge in [0.05, 0.1) is 11.0 Å². The molecule has 0 aromatic heterocycles. The molecular weight excluding hydrogens is 450 g/mol. The summed E-state index contributed by atoms with van der Waals surface area (Å²) in [6.45, 7) is 14.8. The first-order valence-corrected chi connectivity index (χ1v) is 13.7. The number of hydrogen-bond donors (Lipinski definition) is 1. The van der Waals surface area contributed by atoms with Crippen molar-refractivity contribution in [1.82, 2.24) is 0 Å². The fourth-order valence-electron chi connectivity index (χ4n) is 9.91. The molecule has 0 bridgehead atoms. The minimum Gasteiger partial charge on any atom is -0.481 e. The molecule has 0 aliphatic heterocycles. The van der Waals surface area contributed by atoms with Crippen molar-refractivity contribution >= 4 is 17.5 Å². The van der Waals surface area contributed by atoms with Gasteiger partial charge in [-0.05, 0) is 86.0 Å². The Morgan fingerprint density at radius 2 is 1.64 bits per heavy atom. The number of carboxylic acid groups (broad SMARTS) is 1. The number of carbonyl (C=O) groups is 3. The molecule has 5 rings (SSSR count). The second kappa shape index (κ2) is 7.21. The lowest BCUT2D eigenvalue weighted by molar-refractivity contribution is -0.178. The first kappa shape index (κ1) is 25.4. The van der Waals surface area contributed by atoms with Crippen molar-refractivity contribution in [2.24, 2.45) is 50.2 Å². The Morgan fingerprint density at radius 3 is 2.25 bits per heavy atom. The third kappa shape index (κ3) is 2.85. The molecule has 8 atom stereocenters. The van der Waals surface area contributed by atoms with E-state index < -0.39 is 22.2 Å². The molecule has 3 saturated carbocycles. The molecule has 0 amide bonds. The van der Waals surface area contributed by atoms with Crippen molar-refractivity contribution in [3.05, 3.63) is 23.3 Å². The van der Waals surface area contributed by atoms with E-state index in [1.807, 2.05) is 32.9 Å². The lowest BCUT2D eigenvalue weighted by Gasteiger charge is -2.69. The van der Waals surface area contributed by atoms with Crippen LogP contribution in [0.25, 0.3) is 0 Å². The van der Waals surface area contributed by atoms with Gasteiger partial charge in [0.1, 0.15) is 6.07 Å². The number of rotatable bonds is 1. The Morgan fingerprint density at radius 1 is 1.00 bits per heavy atom. The topological polar surface area (TPSA) is 95.2 Å². The molecule has 0 radical (unpaired) electrons. The summed E-state index contributed by atoms with van der Waals surface area (Å²) >= 11 is 0. The molecule has 2 unspecified atom stereocenters. The van der Waals surface area contributed by atoms with Gasteiger partial charge < -0.3 is 5.11 Å². The average molecular weight is 492 g/mol. The van der Waals surface area contributed by atoms with Crippen LogP contribution in [0.2, 0.25) is 0 Å². The lowest BCUT2D eigenvalue weighted by Crippen LogP contribution is -2.64. The highest BCUT2D eigenvalue weighted by Crippen LogP contribution is 2.74. The van der Waals surface area contributed by atoms with Gasteiger partial charge in [0.25, 0.3) is 0 Å². The smallest absolute Gasteiger partial charge is 0.309 e. The Kier molecular flexibility index (Phi) is 5.09. The van der Waals surface area contributed by atoms with Crippen molar-refractivity contribution in [3.8, 4) is 6.07 Å². The van der Waals surface area contributed by atoms with Gasteiger partial charge in [0.15, 0.2) is 11.6 Å². The number of aliphatic carboxylic acids is 1. The Bertz CT molecular complexity index is 1190. The molecule has 5 aliphatic carbocycles. The molecule has 5 heteroatoms. The van der Waals surface area contributed by atoms with Crippen LogP contribution in [0.4, 0.5) is 0 Å². The second-order valence-electron chi connectivity index (χ2n) is 14.6. The Labute approximate surface area is 215 Å². The van der Waals surface area contributed by atoms with Crippen molar-refractivity contribution < 1.29 is 19.5 Å². The number of Topliss-reactive ketones (excluding diaryl/α,β-unsaturated/α-hetero) is 1. The summed E-state index contributed by atoms with van der Waals surface area (Å²) in [6, 6.07) is 2.16. The molecule has 1 N–H and O–H groups in total. The van der Waals surface area contributed by atoms with E-state index in [4.69, 9.17) is 0 Å². The van der Waals surface area contributed by atoms with Gasteiger partial charge in [-0.3, -0.25) is 14.4 Å². The van der Waals surface area contributed by atoms with Crippen molar-refractivity contribution in [3.63, 3.8) is 0 Å². The fraction of sp³-hybridized carbons (Fsp3) is 0.742. The summed E-state index contributed by atoms with van der Waals surface area (Å²) in [5.41, 5.74) is -1.29. The van der Waals surface area contributed by atoms with Crippen LogP contribution in [0.5, 0.6) is 0 Å². The van der Waals surface area contributed by atoms with Crippen LogP contribution in [0.15, 0.2) is 23.3 Å². The van der Waals surface area contributed by atoms with Gasteiger partial charge in [0.2, 0.25) is 0 Å². The molecule has 0 heterocycles. The summed E-state index contributed by atoms with van der Waals surface area (Å²) in [5, 5.41) is 19.9. The molecule has 3 fully saturated rings. The summed E-state index contributed by atoms with van der Waals surface area (Å²) in [6.07, 6.45) is 9.51. The monoisotopic (exact) mass is 491 g/mol. The number of carbonyl (C=O) groups excluding carboxylic acids is 2. The van der Waals surface area contributed by atoms with Gasteiger partial charge in [-0.2, -0.15) is 5.26 Å². The van der Waals surface area contributed by atoms with E-state index in [9.17, 15) is 24.8 Å². The largest absolute Gasteiger partial charge is 0.481 e. The first-order valence-electron chi connectivity index (χ1n) is 13.7. The van der Waals surface area contributed by atoms with Crippen LogP contribution >= 0.6 is 0 Å². The van der Waals surface area contributed by atoms with Gasteiger partial charge in [-0.1, -0.05) is 53.2 Å². The standard InChI is InChI=1S/C31H41NO4/c1-26(2)21-8-9-30(6)22(29(21,5)15-18(17-32)24(26)34)14-20(33)23-19-16-28(4,25(35)36)11-10-27(19,3)12-13-31(23,30)7/h14-15,19,21,23H,8-13,16H2,1-7H3,(H,35,36)/t19-,21?,23?,27+,28-,29-,30+,31+/m0/s1. The summed E-state index contributed by atoms with van der Waals surface area (Å²) < 4.78 is 0. The Balaban J connectivity index is 1.68. The number of nitriles is 1. The van der Waals surface area contributed by atoms with Crippen molar-refractivity contribution in [1.29, 1.82) is 5.26 Å². The number of carboxylic acids is 1. The molecule has 0 aromatic rings. The number of nitrogens with zero attached hydrogens (tertiary/aromatic N) is 1. The third-order valence-electron chi connectivity index (χ3n) is 12.6. The fourth-order valence-corrected chi connectivity index (χ4v) is 9.91. The van der Waals surface area contributed by atoms with E-state index in [1.54, 1.807) is 0 Å². The quantitative estimate of drug-likeness (QED) is 0.465. The minimum absolute atomic E-state index is 0.0231. The number of ketones is 2. The highest BCUT2D eigenvalue weighted by atomic mass is 16.4. The van der Waals surface area contributed by atoms with E-state index >= 15 is 0 Å². The van der Waals surface area contributed by atoms with Gasteiger partial charge in [0, 0.05) is 16.7 Å². The molecule has 0 saturated heterocycles. The second-order valence-corrected chi connectivity index (χ2v) is 14.6. The highest BCUT2D eigenvalue weighted by Gasteiger charge is 2.69. The van der Waals surface area contributed by atoms with Gasteiger partial charge in [-0.15, -0.1) is 0 Å². The van der Waals surface area contributed by atoms with Crippen molar-refractivity contribution in [2.75, 3.05) is 0 Å². The van der Waals surface area contributed by atoms with Crippen LogP contribution in [0.3, 0.4) is 0 Å². The number of allylic oxidation sites excluding steroid dienone is 4. The molecule has 36 heavy (non-hydrogen) atoms. The zero-order valence-corrected chi connectivity index (χ0v) is 23.0. The summed E-state index contributed by atoms with van der Waals surface area (Å²) in [7, 11) is 0. The van der Waals surface area contributed by atoms with E-state index in [0.29, 0.717) is 12.8 Å². The van der Waals surface area contributed by atoms with Crippen molar-refractivity contribution in [2.45, 2.75) is 93.4 Å². The molecular formula is C31H41NO4. The predicted molar refractivity (Wildman–Crippen MR) is 137 cm³/mol. The zero-order valence-electron chi connectivity index (χ0n) is 23.0. The van der Waals surface area contributed by atoms with Crippen LogP contribution in [0, 0.1) is 61.6 Å². The molecule has 5 aliphatic rings. The minimum atomic E-state index is -0.796. The normalized spacial score (nSPS) is 49.3. The number of fused-ring (bicyclic) bond motifs is 7. The SMILES string of the molecule is CC1(C)C(=O)C(C#N)=C[C@]2(C)C3=CC(=O)C4[C@@H]5C[C@@](C)(C(=O)O)CC[C@]5(C)CC[C@@]4(C)[C@]3(C)CCC12. The van der Waals surface area contributed by atoms with E-state index in [-0.39, 0.29) is 51.1 Å². The zero-order chi connectivity index (χ0) is 26.7. The van der Waals surface area contributed by atoms with E-state index in [2.05, 4.69) is 33.8 Å².